The van der Waals surface area contributed by atoms with Crippen LogP contribution in [0.2, 0.25) is 0 Å². The lowest BCUT2D eigenvalue weighted by Crippen LogP contribution is -1.96. The molecule has 1 aromatic carbocycles. The van der Waals surface area contributed by atoms with Crippen molar-refractivity contribution in [3.05, 3.63) is 37.4 Å². The van der Waals surface area contributed by atoms with Crippen molar-refractivity contribution in [3.63, 3.8) is 0 Å². The van der Waals surface area contributed by atoms with E-state index in [1.54, 1.807) is 12.1 Å². The standard InChI is InChI=1S/C8H6INO3/c1-5(11)6-2-3-7(9)8(4-6)10(12)13/h2-4H,1H3. The smallest absolute Gasteiger partial charge is 0.283 e. The molecule has 0 aromatic heterocycles. The summed E-state index contributed by atoms with van der Waals surface area (Å²) in [6.45, 7) is 1.38. The van der Waals surface area contributed by atoms with Crippen molar-refractivity contribution in [3.8, 4) is 0 Å². The first-order valence-electron chi connectivity index (χ1n) is 3.47. The summed E-state index contributed by atoms with van der Waals surface area (Å²) in [7, 11) is 0. The van der Waals surface area contributed by atoms with Crippen LogP contribution >= 0.6 is 22.6 Å². The van der Waals surface area contributed by atoms with Gasteiger partial charge < -0.3 is 0 Å². The molecule has 13 heavy (non-hydrogen) atoms. The first kappa shape index (κ1) is 10.1. The average Bonchev–Trinajstić information content (AvgIpc) is 2.04. The number of Topliss-reactive ketones (excluding diaryl/α,β-unsaturated/α-hetero) is 1. The first-order valence-corrected chi connectivity index (χ1v) is 4.55. The topological polar surface area (TPSA) is 60.2 Å². The van der Waals surface area contributed by atoms with E-state index in [-0.39, 0.29) is 11.5 Å². The van der Waals surface area contributed by atoms with Gasteiger partial charge in [-0.15, -0.1) is 0 Å². The van der Waals surface area contributed by atoms with Gasteiger partial charge >= 0.3 is 0 Å². The van der Waals surface area contributed by atoms with E-state index in [1.807, 2.05) is 22.6 Å². The Morgan fingerprint density at radius 3 is 2.62 bits per heavy atom. The number of carbonyl (C=O) groups excluding carboxylic acids is 1. The molecule has 0 atom stereocenters. The fourth-order valence-corrected chi connectivity index (χ4v) is 1.40. The van der Waals surface area contributed by atoms with Crippen molar-refractivity contribution in [2.45, 2.75) is 6.92 Å². The van der Waals surface area contributed by atoms with Crippen molar-refractivity contribution in [2.24, 2.45) is 0 Å². The summed E-state index contributed by atoms with van der Waals surface area (Å²) in [5.74, 6) is -0.167. The lowest BCUT2D eigenvalue weighted by atomic mass is 10.1. The second-order valence-corrected chi connectivity index (χ2v) is 3.64. The van der Waals surface area contributed by atoms with Gasteiger partial charge in [0.25, 0.3) is 5.69 Å². The number of halogens is 1. The van der Waals surface area contributed by atoms with Gasteiger partial charge in [0.2, 0.25) is 0 Å². The maximum Gasteiger partial charge on any atom is 0.283 e. The molecule has 0 radical (unpaired) electrons. The lowest BCUT2D eigenvalue weighted by Gasteiger charge is -1.97. The molecule has 0 fully saturated rings. The Kier molecular flexibility index (Phi) is 2.97. The van der Waals surface area contributed by atoms with Crippen LogP contribution in [-0.2, 0) is 0 Å². The molecule has 5 heteroatoms. The van der Waals surface area contributed by atoms with Crippen LogP contribution < -0.4 is 0 Å². The Labute approximate surface area is 88.2 Å². The second-order valence-electron chi connectivity index (χ2n) is 2.48. The van der Waals surface area contributed by atoms with E-state index in [2.05, 4.69) is 0 Å². The largest absolute Gasteiger partial charge is 0.295 e. The molecule has 0 aliphatic carbocycles. The molecule has 0 saturated heterocycles. The number of ketones is 1. The normalized spacial score (nSPS) is 9.69. The van der Waals surface area contributed by atoms with E-state index in [1.165, 1.54) is 13.0 Å². The van der Waals surface area contributed by atoms with Crippen LogP contribution in [0.5, 0.6) is 0 Å². The van der Waals surface area contributed by atoms with Crippen molar-refractivity contribution >= 4 is 34.1 Å². The van der Waals surface area contributed by atoms with Gasteiger partial charge in [0.15, 0.2) is 5.78 Å². The number of nitrogens with zero attached hydrogens (tertiary/aromatic N) is 1. The van der Waals surface area contributed by atoms with Crippen LogP contribution in [0.4, 0.5) is 5.69 Å². The Balaban J connectivity index is 3.27. The summed E-state index contributed by atoms with van der Waals surface area (Å²) in [6.07, 6.45) is 0. The summed E-state index contributed by atoms with van der Waals surface area (Å²) in [5.41, 5.74) is 0.348. The second kappa shape index (κ2) is 3.82. The van der Waals surface area contributed by atoms with Crippen molar-refractivity contribution in [2.75, 3.05) is 0 Å². The van der Waals surface area contributed by atoms with Crippen LogP contribution in [-0.4, -0.2) is 10.7 Å². The molecule has 0 amide bonds. The zero-order valence-electron chi connectivity index (χ0n) is 6.78. The Hall–Kier alpha value is -0.980. The summed E-state index contributed by atoms with van der Waals surface area (Å²) < 4.78 is 0.535. The summed E-state index contributed by atoms with van der Waals surface area (Å²) in [4.78, 5) is 20.9. The number of nitro groups is 1. The van der Waals surface area contributed by atoms with Gasteiger partial charge in [0.05, 0.1) is 8.49 Å². The van der Waals surface area contributed by atoms with Crippen molar-refractivity contribution in [1.29, 1.82) is 0 Å². The third-order valence-corrected chi connectivity index (χ3v) is 2.46. The molecule has 1 aromatic rings. The van der Waals surface area contributed by atoms with Gasteiger partial charge in [-0.3, -0.25) is 14.9 Å². The molecule has 0 aliphatic rings. The quantitative estimate of drug-likeness (QED) is 0.364. The Morgan fingerprint density at radius 2 is 2.15 bits per heavy atom. The minimum absolute atomic E-state index is 0.0201. The van der Waals surface area contributed by atoms with E-state index in [9.17, 15) is 14.9 Å². The van der Waals surface area contributed by atoms with E-state index < -0.39 is 4.92 Å². The summed E-state index contributed by atoms with van der Waals surface area (Å²) in [5, 5.41) is 10.5. The third-order valence-electron chi connectivity index (χ3n) is 1.55. The molecular formula is C8H6INO3. The summed E-state index contributed by atoms with van der Waals surface area (Å²) >= 11 is 1.86. The van der Waals surface area contributed by atoms with Crippen LogP contribution in [0.1, 0.15) is 17.3 Å². The predicted molar refractivity (Wildman–Crippen MR) is 55.8 cm³/mol. The molecule has 0 N–H and O–H groups in total. The molecule has 0 bridgehead atoms. The zero-order valence-corrected chi connectivity index (χ0v) is 8.94. The maximum atomic E-state index is 10.9. The van der Waals surface area contributed by atoms with Gasteiger partial charge in [-0.1, -0.05) is 0 Å². The third kappa shape index (κ3) is 2.24. The molecule has 0 aliphatic heterocycles. The van der Waals surface area contributed by atoms with Gasteiger partial charge in [0.1, 0.15) is 0 Å². The number of hydrogen-bond acceptors (Lipinski definition) is 3. The zero-order chi connectivity index (χ0) is 10.0. The molecule has 0 saturated carbocycles. The van der Waals surface area contributed by atoms with Gasteiger partial charge in [-0.2, -0.15) is 0 Å². The van der Waals surface area contributed by atoms with Gasteiger partial charge in [-0.05, 0) is 41.6 Å². The number of rotatable bonds is 2. The fraction of sp³-hybridized carbons (Fsp3) is 0.125. The van der Waals surface area contributed by atoms with Gasteiger partial charge in [-0.25, -0.2) is 0 Å². The first-order chi connectivity index (χ1) is 6.02. The fourth-order valence-electron chi connectivity index (χ4n) is 0.872. The molecule has 0 unspecified atom stereocenters. The monoisotopic (exact) mass is 291 g/mol. The molecule has 1 rings (SSSR count). The molecule has 0 spiro atoms. The van der Waals surface area contributed by atoms with Crippen molar-refractivity contribution < 1.29 is 9.72 Å². The number of hydrogen-bond donors (Lipinski definition) is 0. The highest BCUT2D eigenvalue weighted by Crippen LogP contribution is 2.21. The van der Waals surface area contributed by atoms with Crippen LogP contribution in [0.3, 0.4) is 0 Å². The highest BCUT2D eigenvalue weighted by atomic mass is 127. The minimum atomic E-state index is -0.492. The number of carbonyl (C=O) groups is 1. The summed E-state index contributed by atoms with van der Waals surface area (Å²) in [6, 6.07) is 4.44. The lowest BCUT2D eigenvalue weighted by molar-refractivity contribution is -0.385. The molecule has 0 heterocycles. The minimum Gasteiger partial charge on any atom is -0.295 e. The van der Waals surface area contributed by atoms with Gasteiger partial charge in [0, 0.05) is 11.6 Å². The van der Waals surface area contributed by atoms with E-state index in [0.29, 0.717) is 9.13 Å². The number of nitro benzene ring substituents is 1. The van der Waals surface area contributed by atoms with E-state index in [0.717, 1.165) is 0 Å². The average molecular weight is 291 g/mol. The Morgan fingerprint density at radius 1 is 1.54 bits per heavy atom. The molecular weight excluding hydrogens is 285 g/mol. The van der Waals surface area contributed by atoms with Crippen molar-refractivity contribution in [1.82, 2.24) is 0 Å². The highest BCUT2D eigenvalue weighted by Gasteiger charge is 2.13. The Bertz CT molecular complexity index is 376. The van der Waals surface area contributed by atoms with Crippen LogP contribution in [0, 0.1) is 13.7 Å². The van der Waals surface area contributed by atoms with Crippen LogP contribution in [0.25, 0.3) is 0 Å². The highest BCUT2D eigenvalue weighted by molar-refractivity contribution is 14.1. The van der Waals surface area contributed by atoms with E-state index in [4.69, 9.17) is 0 Å². The molecule has 4 nitrogen and oxygen atoms in total. The van der Waals surface area contributed by atoms with E-state index >= 15 is 0 Å². The predicted octanol–water partition coefficient (Wildman–Crippen LogP) is 2.40. The molecule has 68 valence electrons. The SMILES string of the molecule is CC(=O)c1ccc(I)c([N+](=O)[O-])c1. The maximum absolute atomic E-state index is 10.9. The van der Waals surface area contributed by atoms with Crippen LogP contribution in [0.15, 0.2) is 18.2 Å². The number of benzene rings is 1.